The lowest BCUT2D eigenvalue weighted by atomic mass is 9.93. The van der Waals surface area contributed by atoms with Crippen LogP contribution in [-0.4, -0.2) is 20.3 Å². The topological polar surface area (TPSA) is 141 Å². The first kappa shape index (κ1) is 21.4. The second kappa shape index (κ2) is 7.71. The quantitative estimate of drug-likeness (QED) is 0.674. The van der Waals surface area contributed by atoms with E-state index in [1.54, 1.807) is 19.9 Å². The maximum absolute atomic E-state index is 13.0. The molecule has 31 heavy (non-hydrogen) atoms. The Hall–Kier alpha value is -2.80. The summed E-state index contributed by atoms with van der Waals surface area (Å²) in [6, 6.07) is 4.53. The van der Waals surface area contributed by atoms with Gasteiger partial charge in [-0.05, 0) is 92.3 Å². The molecule has 8 nitrogen and oxygen atoms in total. The summed E-state index contributed by atoms with van der Waals surface area (Å²) in [7, 11) is -3.61. The third kappa shape index (κ3) is 3.94. The third-order valence-corrected chi connectivity index (χ3v) is 7.21. The van der Waals surface area contributed by atoms with Gasteiger partial charge < -0.3 is 10.4 Å². The Labute approximate surface area is 181 Å². The molecular weight excluding hydrogens is 414 g/mol. The average Bonchev–Trinajstić information content (AvgIpc) is 3.37. The number of aromatic nitrogens is 1. The zero-order chi connectivity index (χ0) is 22.4. The lowest BCUT2D eigenvalue weighted by Crippen LogP contribution is -2.21. The minimum absolute atomic E-state index is 0.0717. The number of rotatable bonds is 3. The zero-order valence-electron chi connectivity index (χ0n) is 17.6. The van der Waals surface area contributed by atoms with Crippen LogP contribution in [0.25, 0.3) is 0 Å². The molecule has 0 saturated carbocycles. The van der Waals surface area contributed by atoms with Crippen molar-refractivity contribution >= 4 is 21.6 Å². The van der Waals surface area contributed by atoms with Crippen LogP contribution in [0.15, 0.2) is 27.7 Å². The number of nitriles is 1. The molecule has 1 aromatic heterocycles. The molecule has 2 amide bonds. The van der Waals surface area contributed by atoms with Crippen LogP contribution in [0.3, 0.4) is 0 Å². The standard InChI is InChI=1S/C22H25N5O3S/c1-22(2,29)13-9-10-25-19(11-13)31(24,30)27-21(28)26-20-16-7-3-5-14(16)18(12-23)15-6-4-8-17(15)20/h9-11,29H,3-8H2,1-2H3,(H3,24,26,27,28,30)/t31-/m0/s1. The van der Waals surface area contributed by atoms with Crippen LogP contribution < -0.4 is 10.5 Å². The Bertz CT molecular complexity index is 1210. The lowest BCUT2D eigenvalue weighted by Gasteiger charge is -2.18. The first-order valence-corrected chi connectivity index (χ1v) is 11.8. The van der Waals surface area contributed by atoms with E-state index in [0.717, 1.165) is 66.3 Å². The van der Waals surface area contributed by atoms with Crippen molar-refractivity contribution in [3.63, 3.8) is 0 Å². The normalized spacial score (nSPS) is 16.7. The summed E-state index contributed by atoms with van der Waals surface area (Å²) in [4.78, 5) is 16.8. The molecule has 0 unspecified atom stereocenters. The maximum atomic E-state index is 13.0. The lowest BCUT2D eigenvalue weighted by molar-refractivity contribution is 0.0782. The highest BCUT2D eigenvalue weighted by Crippen LogP contribution is 2.41. The van der Waals surface area contributed by atoms with Gasteiger partial charge in [0.25, 0.3) is 0 Å². The van der Waals surface area contributed by atoms with Gasteiger partial charge in [0.05, 0.1) is 17.2 Å². The number of nitrogens with zero attached hydrogens (tertiary/aromatic N) is 3. The second-order valence-electron chi connectivity index (χ2n) is 8.51. The smallest absolute Gasteiger partial charge is 0.354 e. The number of benzene rings is 1. The van der Waals surface area contributed by atoms with Crippen molar-refractivity contribution in [2.45, 2.75) is 63.0 Å². The molecule has 0 radical (unpaired) electrons. The van der Waals surface area contributed by atoms with Crippen molar-refractivity contribution in [1.29, 1.82) is 5.26 Å². The van der Waals surface area contributed by atoms with E-state index in [4.69, 9.17) is 5.14 Å². The number of amides is 2. The molecule has 2 aromatic rings. The van der Waals surface area contributed by atoms with E-state index >= 15 is 0 Å². The van der Waals surface area contributed by atoms with Crippen molar-refractivity contribution in [3.8, 4) is 6.07 Å². The summed E-state index contributed by atoms with van der Waals surface area (Å²) in [6.07, 6.45) is 6.41. The van der Waals surface area contributed by atoms with E-state index in [0.29, 0.717) is 11.3 Å². The highest BCUT2D eigenvalue weighted by atomic mass is 32.2. The first-order chi connectivity index (χ1) is 14.6. The molecule has 4 rings (SSSR count). The number of carbonyl (C=O) groups is 1. The zero-order valence-corrected chi connectivity index (χ0v) is 18.4. The molecule has 2 aliphatic rings. The third-order valence-electron chi connectivity index (χ3n) is 5.95. The van der Waals surface area contributed by atoms with Gasteiger partial charge in [-0.2, -0.15) is 5.26 Å². The van der Waals surface area contributed by atoms with Crippen molar-refractivity contribution in [3.05, 3.63) is 51.7 Å². The molecule has 162 valence electrons. The Balaban J connectivity index is 1.71. The molecule has 2 aliphatic carbocycles. The van der Waals surface area contributed by atoms with E-state index in [1.807, 2.05) is 0 Å². The van der Waals surface area contributed by atoms with Gasteiger partial charge in [0.2, 0.25) is 0 Å². The van der Waals surface area contributed by atoms with Crippen molar-refractivity contribution in [2.24, 2.45) is 9.50 Å². The minimum atomic E-state index is -3.61. The summed E-state index contributed by atoms with van der Waals surface area (Å²) >= 11 is 0. The van der Waals surface area contributed by atoms with E-state index in [1.165, 1.54) is 12.3 Å². The largest absolute Gasteiger partial charge is 0.386 e. The number of aliphatic hydroxyl groups is 1. The molecule has 0 bridgehead atoms. The second-order valence-corrected chi connectivity index (χ2v) is 10.3. The number of anilines is 1. The molecule has 0 saturated heterocycles. The van der Waals surface area contributed by atoms with Crippen molar-refractivity contribution in [1.82, 2.24) is 4.98 Å². The number of nitrogens with one attached hydrogen (secondary N) is 1. The Morgan fingerprint density at radius 1 is 1.23 bits per heavy atom. The molecule has 0 spiro atoms. The molecule has 4 N–H and O–H groups in total. The van der Waals surface area contributed by atoms with Crippen LogP contribution in [0.4, 0.5) is 10.5 Å². The molecule has 9 heteroatoms. The Morgan fingerprint density at radius 2 is 1.81 bits per heavy atom. The van der Waals surface area contributed by atoms with Gasteiger partial charge in [-0.3, -0.25) is 0 Å². The van der Waals surface area contributed by atoms with E-state index in [-0.39, 0.29) is 5.03 Å². The fourth-order valence-electron chi connectivity index (χ4n) is 4.49. The summed E-state index contributed by atoms with van der Waals surface area (Å²) in [6.45, 7) is 3.17. The molecule has 1 heterocycles. The molecule has 1 atom stereocenters. The van der Waals surface area contributed by atoms with Gasteiger partial charge in [0, 0.05) is 11.9 Å². The summed E-state index contributed by atoms with van der Waals surface area (Å²) in [5.41, 5.74) is 4.70. The number of urea groups is 1. The number of hydrogen-bond acceptors (Lipinski definition) is 5. The van der Waals surface area contributed by atoms with Gasteiger partial charge >= 0.3 is 6.03 Å². The van der Waals surface area contributed by atoms with Gasteiger partial charge in [-0.25, -0.2) is 19.1 Å². The van der Waals surface area contributed by atoms with Crippen LogP contribution in [-0.2, 0) is 41.2 Å². The summed E-state index contributed by atoms with van der Waals surface area (Å²) in [5.74, 6) is 0. The molecule has 0 fully saturated rings. The van der Waals surface area contributed by atoms with Gasteiger partial charge in [-0.15, -0.1) is 4.36 Å². The maximum Gasteiger partial charge on any atom is 0.354 e. The van der Waals surface area contributed by atoms with Gasteiger partial charge in [-0.1, -0.05) is 0 Å². The van der Waals surface area contributed by atoms with Crippen LogP contribution >= 0.6 is 0 Å². The van der Waals surface area contributed by atoms with Gasteiger partial charge in [0.15, 0.2) is 14.9 Å². The van der Waals surface area contributed by atoms with Gasteiger partial charge in [0.1, 0.15) is 0 Å². The SMILES string of the molecule is CC(C)(O)c1ccnc([S@@](N)(=O)=NC(=O)Nc2c3c(c(C#N)c4c2CCC4)CCC3)c1. The summed E-state index contributed by atoms with van der Waals surface area (Å²) < 4.78 is 16.7. The van der Waals surface area contributed by atoms with E-state index in [9.17, 15) is 19.4 Å². The van der Waals surface area contributed by atoms with Crippen LogP contribution in [0.5, 0.6) is 0 Å². The number of pyridine rings is 1. The number of fused-ring (bicyclic) bond motifs is 2. The molecule has 1 aromatic carbocycles. The fourth-order valence-corrected chi connectivity index (χ4v) is 5.38. The number of nitrogens with two attached hydrogens (primary N) is 1. The number of hydrogen-bond donors (Lipinski definition) is 3. The predicted octanol–water partition coefficient (Wildman–Crippen LogP) is 3.09. The average molecular weight is 440 g/mol. The Kier molecular flexibility index (Phi) is 5.33. The van der Waals surface area contributed by atoms with E-state index < -0.39 is 21.5 Å². The van der Waals surface area contributed by atoms with Crippen LogP contribution in [0.2, 0.25) is 0 Å². The highest BCUT2D eigenvalue weighted by Gasteiger charge is 2.29. The molecular formula is C22H25N5O3S. The fraction of sp³-hybridized carbons (Fsp3) is 0.409. The van der Waals surface area contributed by atoms with Crippen molar-refractivity contribution in [2.75, 3.05) is 5.32 Å². The summed E-state index contributed by atoms with van der Waals surface area (Å²) in [5, 5.41) is 28.5. The number of carbonyl (C=O) groups excluding carboxylic acids is 1. The predicted molar refractivity (Wildman–Crippen MR) is 117 cm³/mol. The van der Waals surface area contributed by atoms with Crippen LogP contribution in [0.1, 0.15) is 60.1 Å². The van der Waals surface area contributed by atoms with E-state index in [2.05, 4.69) is 20.7 Å². The highest BCUT2D eigenvalue weighted by molar-refractivity contribution is 7.91. The Morgan fingerprint density at radius 3 is 2.35 bits per heavy atom. The monoisotopic (exact) mass is 439 g/mol. The first-order valence-electron chi connectivity index (χ1n) is 10.3. The van der Waals surface area contributed by atoms with Crippen LogP contribution in [0, 0.1) is 11.3 Å². The molecule has 0 aliphatic heterocycles. The minimum Gasteiger partial charge on any atom is -0.386 e. The van der Waals surface area contributed by atoms with Crippen molar-refractivity contribution < 1.29 is 14.1 Å².